The van der Waals surface area contributed by atoms with E-state index >= 15 is 0 Å². The van der Waals surface area contributed by atoms with Crippen LogP contribution in [0, 0.1) is 17.8 Å². The summed E-state index contributed by atoms with van der Waals surface area (Å²) in [4.78, 5) is 60.9. The zero-order chi connectivity index (χ0) is 25.9. The maximum Gasteiger partial charge on any atom is 0.326 e. The van der Waals surface area contributed by atoms with Gasteiger partial charge < -0.3 is 31.9 Å². The standard InChI is InChI=1S/C22H40N4O7/c1-7-12(5)17(21(31)26-18(22(32)33)13(6)8-2)25-19(29)14(9-10-15(27)28)24-20(30)16(23)11(3)4/h11-14,16-18H,7-10,23H2,1-6H3,(H,24,30)(H,25,29)(H,26,31)(H,27,28)(H,32,33). The molecule has 0 radical (unpaired) electrons. The number of amides is 3. The van der Waals surface area contributed by atoms with Gasteiger partial charge in [-0.1, -0.05) is 54.4 Å². The van der Waals surface area contributed by atoms with E-state index in [0.717, 1.165) is 0 Å². The first-order chi connectivity index (χ1) is 15.3. The molecule has 0 aromatic heterocycles. The van der Waals surface area contributed by atoms with E-state index in [4.69, 9.17) is 10.8 Å². The van der Waals surface area contributed by atoms with Crippen molar-refractivity contribution in [3.05, 3.63) is 0 Å². The van der Waals surface area contributed by atoms with E-state index in [-0.39, 0.29) is 30.6 Å². The quantitative estimate of drug-likeness (QED) is 0.198. The molecule has 0 aliphatic rings. The third-order valence-corrected chi connectivity index (χ3v) is 5.87. The zero-order valence-electron chi connectivity index (χ0n) is 20.4. The topological polar surface area (TPSA) is 188 Å². The van der Waals surface area contributed by atoms with Crippen molar-refractivity contribution < 1.29 is 34.2 Å². The van der Waals surface area contributed by atoms with Gasteiger partial charge in [0.2, 0.25) is 17.7 Å². The molecule has 0 aliphatic carbocycles. The Morgan fingerprint density at radius 2 is 1.24 bits per heavy atom. The molecular formula is C22H40N4O7. The highest BCUT2D eigenvalue weighted by atomic mass is 16.4. The summed E-state index contributed by atoms with van der Waals surface area (Å²) in [6.07, 6.45) is 0.447. The number of carboxylic acids is 2. The summed E-state index contributed by atoms with van der Waals surface area (Å²) in [7, 11) is 0. The predicted molar refractivity (Wildman–Crippen MR) is 122 cm³/mol. The van der Waals surface area contributed by atoms with E-state index in [1.165, 1.54) is 0 Å². The third-order valence-electron chi connectivity index (χ3n) is 5.87. The molecule has 7 N–H and O–H groups in total. The van der Waals surface area contributed by atoms with Crippen molar-refractivity contribution in [1.29, 1.82) is 0 Å². The molecule has 11 heteroatoms. The summed E-state index contributed by atoms with van der Waals surface area (Å²) in [6.45, 7) is 10.5. The van der Waals surface area contributed by atoms with E-state index in [9.17, 15) is 29.1 Å². The molecule has 6 atom stereocenters. The van der Waals surface area contributed by atoms with Crippen molar-refractivity contribution >= 4 is 29.7 Å². The smallest absolute Gasteiger partial charge is 0.326 e. The lowest BCUT2D eigenvalue weighted by molar-refractivity contribution is -0.144. The number of carboxylic acid groups (broad SMARTS) is 2. The average Bonchev–Trinajstić information content (AvgIpc) is 2.75. The first-order valence-electron chi connectivity index (χ1n) is 11.4. The Kier molecular flexibility index (Phi) is 13.3. The molecule has 0 aromatic rings. The fourth-order valence-corrected chi connectivity index (χ4v) is 2.99. The van der Waals surface area contributed by atoms with Crippen LogP contribution >= 0.6 is 0 Å². The van der Waals surface area contributed by atoms with Crippen LogP contribution in [-0.4, -0.2) is 64.0 Å². The minimum atomic E-state index is -1.22. The molecule has 3 amide bonds. The summed E-state index contributed by atoms with van der Waals surface area (Å²) in [5, 5.41) is 26.0. The van der Waals surface area contributed by atoms with E-state index in [1.807, 2.05) is 6.92 Å². The molecule has 0 aromatic carbocycles. The maximum atomic E-state index is 13.0. The van der Waals surface area contributed by atoms with Gasteiger partial charge in [-0.2, -0.15) is 0 Å². The van der Waals surface area contributed by atoms with Crippen LogP contribution in [0.3, 0.4) is 0 Å². The normalized spacial score (nSPS) is 16.6. The Bertz CT molecular complexity index is 698. The highest BCUT2D eigenvalue weighted by Crippen LogP contribution is 2.13. The summed E-state index contributed by atoms with van der Waals surface area (Å²) < 4.78 is 0. The Morgan fingerprint density at radius 3 is 1.67 bits per heavy atom. The fraction of sp³-hybridized carbons (Fsp3) is 0.773. The van der Waals surface area contributed by atoms with E-state index in [1.54, 1.807) is 34.6 Å². The molecular weight excluding hydrogens is 432 g/mol. The van der Waals surface area contributed by atoms with Crippen LogP contribution < -0.4 is 21.7 Å². The number of nitrogens with one attached hydrogen (secondary N) is 3. The molecule has 190 valence electrons. The van der Waals surface area contributed by atoms with Crippen molar-refractivity contribution in [3.8, 4) is 0 Å². The van der Waals surface area contributed by atoms with E-state index < -0.39 is 53.8 Å². The first kappa shape index (κ1) is 30.3. The molecule has 0 saturated carbocycles. The summed E-state index contributed by atoms with van der Waals surface area (Å²) in [5.74, 6) is -5.23. The Balaban J connectivity index is 5.67. The molecule has 0 spiro atoms. The molecule has 0 fully saturated rings. The molecule has 0 rings (SSSR count). The van der Waals surface area contributed by atoms with Crippen molar-refractivity contribution in [3.63, 3.8) is 0 Å². The number of hydrogen-bond acceptors (Lipinski definition) is 6. The van der Waals surface area contributed by atoms with Crippen molar-refractivity contribution in [2.24, 2.45) is 23.5 Å². The molecule has 11 nitrogen and oxygen atoms in total. The maximum absolute atomic E-state index is 13.0. The highest BCUT2D eigenvalue weighted by Gasteiger charge is 2.34. The number of rotatable bonds is 15. The van der Waals surface area contributed by atoms with E-state index in [2.05, 4.69) is 16.0 Å². The lowest BCUT2D eigenvalue weighted by atomic mass is 9.95. The van der Waals surface area contributed by atoms with Crippen LogP contribution in [0.4, 0.5) is 0 Å². The average molecular weight is 473 g/mol. The van der Waals surface area contributed by atoms with Crippen molar-refractivity contribution in [2.45, 2.75) is 91.4 Å². The molecule has 33 heavy (non-hydrogen) atoms. The van der Waals surface area contributed by atoms with Gasteiger partial charge in [0.25, 0.3) is 0 Å². The Morgan fingerprint density at radius 1 is 0.758 bits per heavy atom. The van der Waals surface area contributed by atoms with Gasteiger partial charge in [-0.05, 0) is 24.2 Å². The van der Waals surface area contributed by atoms with E-state index in [0.29, 0.717) is 12.8 Å². The first-order valence-corrected chi connectivity index (χ1v) is 11.4. The minimum absolute atomic E-state index is 0.197. The van der Waals surface area contributed by atoms with Gasteiger partial charge in [0, 0.05) is 6.42 Å². The highest BCUT2D eigenvalue weighted by molar-refractivity contribution is 5.94. The van der Waals surface area contributed by atoms with Crippen LogP contribution in [-0.2, 0) is 24.0 Å². The summed E-state index contributed by atoms with van der Waals surface area (Å²) in [5.41, 5.74) is 5.83. The number of nitrogens with two attached hydrogens (primary N) is 1. The molecule has 0 bridgehead atoms. The summed E-state index contributed by atoms with van der Waals surface area (Å²) in [6, 6.07) is -4.32. The van der Waals surface area contributed by atoms with Crippen LogP contribution in [0.2, 0.25) is 0 Å². The monoisotopic (exact) mass is 472 g/mol. The number of hydrogen-bond donors (Lipinski definition) is 6. The second kappa shape index (κ2) is 14.5. The van der Waals surface area contributed by atoms with Gasteiger partial charge in [-0.3, -0.25) is 19.2 Å². The van der Waals surface area contributed by atoms with Gasteiger partial charge >= 0.3 is 11.9 Å². The van der Waals surface area contributed by atoms with Gasteiger partial charge in [-0.15, -0.1) is 0 Å². The zero-order valence-corrected chi connectivity index (χ0v) is 20.4. The van der Waals surface area contributed by atoms with Crippen molar-refractivity contribution in [2.75, 3.05) is 0 Å². The summed E-state index contributed by atoms with van der Waals surface area (Å²) >= 11 is 0. The van der Waals surface area contributed by atoms with Crippen LogP contribution in [0.15, 0.2) is 0 Å². The second-order valence-electron chi connectivity index (χ2n) is 8.85. The second-order valence-corrected chi connectivity index (χ2v) is 8.85. The number of carbonyl (C=O) groups is 5. The number of carbonyl (C=O) groups excluding carboxylic acids is 3. The van der Waals surface area contributed by atoms with Crippen LogP contribution in [0.5, 0.6) is 0 Å². The van der Waals surface area contributed by atoms with Gasteiger partial charge in [-0.25, -0.2) is 4.79 Å². The Labute approximate surface area is 195 Å². The van der Waals surface area contributed by atoms with Crippen molar-refractivity contribution in [1.82, 2.24) is 16.0 Å². The van der Waals surface area contributed by atoms with Gasteiger partial charge in [0.05, 0.1) is 6.04 Å². The third kappa shape index (κ3) is 10.2. The lowest BCUT2D eigenvalue weighted by Crippen LogP contribution is -2.59. The molecule has 0 saturated heterocycles. The Hall–Kier alpha value is -2.69. The van der Waals surface area contributed by atoms with Gasteiger partial charge in [0.15, 0.2) is 0 Å². The van der Waals surface area contributed by atoms with Gasteiger partial charge in [0.1, 0.15) is 18.1 Å². The SMILES string of the molecule is CCC(C)C(NC(=O)C(NC(=O)C(CCC(=O)O)NC(=O)C(N)C(C)C)C(C)CC)C(=O)O. The fourth-order valence-electron chi connectivity index (χ4n) is 2.99. The minimum Gasteiger partial charge on any atom is -0.481 e. The molecule has 0 heterocycles. The largest absolute Gasteiger partial charge is 0.481 e. The van der Waals surface area contributed by atoms with Crippen LogP contribution in [0.1, 0.15) is 67.2 Å². The lowest BCUT2D eigenvalue weighted by Gasteiger charge is -2.29. The molecule has 0 aliphatic heterocycles. The van der Waals surface area contributed by atoms with Crippen LogP contribution in [0.25, 0.3) is 0 Å². The number of aliphatic carboxylic acids is 2. The molecule has 6 unspecified atom stereocenters. The predicted octanol–water partition coefficient (Wildman–Crippen LogP) is 0.466.